The Balaban J connectivity index is 1.54. The number of primary amides is 3. The molecule has 2 aromatic rings. The molecule has 1 spiro atoms. The van der Waals surface area contributed by atoms with Crippen LogP contribution in [0.5, 0.6) is 0 Å². The number of fused-ring (bicyclic) bond motifs is 1. The monoisotopic (exact) mass is 1140 g/mol. The van der Waals surface area contributed by atoms with E-state index < -0.39 is 150 Å². The summed E-state index contributed by atoms with van der Waals surface area (Å²) in [6.07, 6.45) is 2.41. The van der Waals surface area contributed by atoms with Crippen LogP contribution < -0.4 is 71.6 Å². The predicted molar refractivity (Wildman–Crippen MR) is 296 cm³/mol. The van der Waals surface area contributed by atoms with Gasteiger partial charge in [0.05, 0.1) is 23.8 Å². The van der Waals surface area contributed by atoms with E-state index in [-0.39, 0.29) is 50.5 Å². The summed E-state index contributed by atoms with van der Waals surface area (Å²) in [6, 6.07) is -1.88. The Hall–Kier alpha value is -7.14. The van der Waals surface area contributed by atoms with Gasteiger partial charge in [0.1, 0.15) is 42.3 Å². The number of aromatic nitrogens is 1. The third-order valence-electron chi connectivity index (χ3n) is 14.3. The molecule has 79 heavy (non-hydrogen) atoms. The number of likely N-dealkylation sites (tertiary alicyclic amines) is 1. The van der Waals surface area contributed by atoms with E-state index >= 15 is 0 Å². The van der Waals surface area contributed by atoms with Crippen molar-refractivity contribution in [2.24, 2.45) is 45.3 Å². The van der Waals surface area contributed by atoms with E-state index in [2.05, 4.69) is 47.2 Å². The van der Waals surface area contributed by atoms with Gasteiger partial charge in [0, 0.05) is 42.9 Å². The van der Waals surface area contributed by atoms with E-state index in [1.807, 2.05) is 30.3 Å². The van der Waals surface area contributed by atoms with Gasteiger partial charge in [-0.2, -0.15) is 0 Å². The fourth-order valence-electron chi connectivity index (χ4n) is 9.73. The summed E-state index contributed by atoms with van der Waals surface area (Å²) in [5.41, 5.74) is 35.6. The Morgan fingerprint density at radius 3 is 2.14 bits per heavy atom. The first kappa shape index (κ1) is 62.7. The molecule has 0 unspecified atom stereocenters. The van der Waals surface area contributed by atoms with E-state index in [9.17, 15) is 52.7 Å². The Bertz CT molecular complexity index is 2560. The number of carbonyl (C=O) groups excluding carboxylic acids is 11. The van der Waals surface area contributed by atoms with Gasteiger partial charge in [-0.3, -0.25) is 57.7 Å². The highest BCUT2D eigenvalue weighted by Crippen LogP contribution is 2.48. The molecule has 0 bridgehead atoms. The Morgan fingerprint density at radius 2 is 1.48 bits per heavy atom. The highest BCUT2D eigenvalue weighted by molar-refractivity contribution is 8.77. The highest BCUT2D eigenvalue weighted by atomic mass is 33.1. The van der Waals surface area contributed by atoms with E-state index in [0.29, 0.717) is 44.2 Å². The molecule has 29 heteroatoms. The van der Waals surface area contributed by atoms with Gasteiger partial charge in [0.15, 0.2) is 5.96 Å². The van der Waals surface area contributed by atoms with Crippen molar-refractivity contribution in [1.29, 1.82) is 0 Å². The molecule has 1 aliphatic carbocycles. The van der Waals surface area contributed by atoms with Crippen LogP contribution in [0.4, 0.5) is 0 Å². The van der Waals surface area contributed by atoms with Crippen molar-refractivity contribution in [2.75, 3.05) is 25.4 Å². The highest BCUT2D eigenvalue weighted by Gasteiger charge is 2.46. The molecule has 2 saturated heterocycles. The summed E-state index contributed by atoms with van der Waals surface area (Å²) >= 11 is 0. The Kier molecular flexibility index (Phi) is 23.6. The molecular formula is C50H76N16O11S2. The first-order valence-corrected chi connectivity index (χ1v) is 28.8. The number of nitrogens with two attached hydrogens (primary N) is 6. The number of aromatic amines is 1. The first-order chi connectivity index (χ1) is 37.5. The van der Waals surface area contributed by atoms with Crippen molar-refractivity contribution in [3.63, 3.8) is 0 Å². The number of carbonyl (C=O) groups is 11. The molecule has 0 radical (unpaired) electrons. The lowest BCUT2D eigenvalue weighted by molar-refractivity contribution is -0.142. The lowest BCUT2D eigenvalue weighted by Crippen LogP contribution is -2.62. The molecule has 5 rings (SSSR count). The molecule has 434 valence electrons. The number of hydrogen-bond acceptors (Lipinski definition) is 15. The molecule has 3 fully saturated rings. The van der Waals surface area contributed by atoms with Crippen LogP contribution in [-0.2, 0) is 59.2 Å². The number of aliphatic imine (C=N–C) groups is 1. The molecule has 9 atom stereocenters. The molecule has 1 aromatic carbocycles. The Morgan fingerprint density at radius 1 is 0.810 bits per heavy atom. The van der Waals surface area contributed by atoms with Crippen molar-refractivity contribution in [2.45, 2.75) is 157 Å². The zero-order chi connectivity index (χ0) is 58.0. The third-order valence-corrected chi connectivity index (χ3v) is 17.6. The van der Waals surface area contributed by atoms with Gasteiger partial charge >= 0.3 is 0 Å². The molecule has 2 aliphatic heterocycles. The van der Waals surface area contributed by atoms with Crippen LogP contribution >= 0.6 is 21.6 Å². The van der Waals surface area contributed by atoms with E-state index in [1.165, 1.54) is 15.7 Å². The van der Waals surface area contributed by atoms with Crippen LogP contribution in [0.15, 0.2) is 35.3 Å². The number of nitrogens with zero attached hydrogens (tertiary/aromatic N) is 2. The normalized spacial score (nSPS) is 24.3. The number of amides is 11. The third kappa shape index (κ3) is 18.2. The maximum atomic E-state index is 15.0. The van der Waals surface area contributed by atoms with Crippen molar-refractivity contribution in [3.8, 4) is 0 Å². The topological polar surface area (TPSA) is 459 Å². The minimum absolute atomic E-state index is 0.0126. The summed E-state index contributed by atoms with van der Waals surface area (Å²) in [4.78, 5) is 159. The van der Waals surface area contributed by atoms with Crippen LogP contribution in [0.2, 0.25) is 0 Å². The van der Waals surface area contributed by atoms with Gasteiger partial charge in [0.2, 0.25) is 65.0 Å². The van der Waals surface area contributed by atoms with E-state index in [0.717, 1.165) is 28.1 Å². The molecule has 1 aromatic heterocycles. The molecule has 1 saturated carbocycles. The molecular weight excluding hydrogens is 1060 g/mol. The number of H-pyrrole nitrogens is 1. The number of nitrogens with one attached hydrogen (secondary N) is 8. The number of para-hydroxylation sites is 1. The molecule has 11 amide bonds. The lowest BCUT2D eigenvalue weighted by atomic mass is 9.82. The van der Waals surface area contributed by atoms with Crippen molar-refractivity contribution in [1.82, 2.24) is 47.1 Å². The maximum Gasteiger partial charge on any atom is 0.246 e. The minimum Gasteiger partial charge on any atom is -0.370 e. The quantitative estimate of drug-likeness (QED) is 0.0286. The zero-order valence-corrected chi connectivity index (χ0v) is 46.1. The second kappa shape index (κ2) is 29.7. The largest absolute Gasteiger partial charge is 0.370 e. The van der Waals surface area contributed by atoms with Crippen molar-refractivity contribution >= 4 is 103 Å². The standard InChI is InChI=1S/C50H76N16O11S2/c1-3-26(2)39-46(75)61-31(15-16-36(51)67)42(71)62-33(23-37(52)68)43(72)64-34(48(77)66-20-10-14-35(66)45(74)60-30(13-9-19-57-49(55)56)41(70)58-24-38(53)69)25-78-79-50(17-7-4-8-18-50)40(54)47(76)63-32(44(73)65-39)22-28-21-27-11-5-6-12-29(27)59-28/h5-6,11-12,21,26,30-35,39-40,59H,3-4,7-10,13-20,22-25,54H2,1-2H3,(H2,51,67)(H2,52,68)(H2,53,69)(H,58,70)(H,60,74)(H,61,75)(H,62,71)(H,63,76)(H,64,72)(H,65,73)(H4,55,56,57)/t26-,30-,31-,32+,33-,34-,35-,39-,40+/m0/s1. The van der Waals surface area contributed by atoms with Crippen LogP contribution in [0.3, 0.4) is 0 Å². The average molecular weight is 1140 g/mol. The summed E-state index contributed by atoms with van der Waals surface area (Å²) < 4.78 is -0.990. The lowest BCUT2D eigenvalue weighted by Gasteiger charge is -2.40. The van der Waals surface area contributed by atoms with Gasteiger partial charge < -0.3 is 81.5 Å². The first-order valence-electron chi connectivity index (χ1n) is 26.5. The van der Waals surface area contributed by atoms with Crippen molar-refractivity contribution in [3.05, 3.63) is 36.0 Å². The summed E-state index contributed by atoms with van der Waals surface area (Å²) in [5.74, 6) is -10.3. The van der Waals surface area contributed by atoms with Gasteiger partial charge in [-0.05, 0) is 68.4 Å². The summed E-state index contributed by atoms with van der Waals surface area (Å²) in [7, 11) is 2.34. The van der Waals surface area contributed by atoms with E-state index in [1.54, 1.807) is 13.8 Å². The van der Waals surface area contributed by atoms with Gasteiger partial charge in [-0.15, -0.1) is 0 Å². The van der Waals surface area contributed by atoms with Gasteiger partial charge in [0.25, 0.3) is 0 Å². The number of rotatable bonds is 19. The fraction of sp³-hybridized carbons (Fsp3) is 0.600. The minimum atomic E-state index is -1.77. The molecule has 27 nitrogen and oxygen atoms in total. The number of guanidine groups is 1. The SMILES string of the molecule is CC[C@H](C)[C@@H]1NC(=O)[C@@H](Cc2cc3ccccc3[nH]2)NC(=O)[C@@H](N)C2(CCCCC2)SSC[C@@H](C(=O)N2CCC[C@H]2C(=O)N[C@@H](CCCN=C(N)N)C(=O)NCC(N)=O)NC(=O)[C@H](CC(N)=O)NC(=O)[C@H](CCC(N)=O)NC1=O. The molecule has 20 N–H and O–H groups in total. The molecule has 3 aliphatic rings. The number of benzene rings is 1. The zero-order valence-electron chi connectivity index (χ0n) is 44.5. The number of hydrogen-bond donors (Lipinski definition) is 14. The van der Waals surface area contributed by atoms with Gasteiger partial charge in [-0.1, -0.05) is 79.3 Å². The van der Waals surface area contributed by atoms with Crippen molar-refractivity contribution < 1.29 is 52.7 Å². The second-order valence-electron chi connectivity index (χ2n) is 20.2. The van der Waals surface area contributed by atoms with Crippen LogP contribution in [0.1, 0.15) is 103 Å². The smallest absolute Gasteiger partial charge is 0.246 e. The average Bonchev–Trinajstić information content (AvgIpc) is 4.20. The fourth-order valence-corrected chi connectivity index (χ4v) is 13.2. The van der Waals surface area contributed by atoms with Gasteiger partial charge in [-0.25, -0.2) is 0 Å². The predicted octanol–water partition coefficient (Wildman–Crippen LogP) is -3.12. The Labute approximate surface area is 465 Å². The summed E-state index contributed by atoms with van der Waals surface area (Å²) in [5, 5.41) is 19.3. The second-order valence-corrected chi connectivity index (χ2v) is 23.0. The van der Waals surface area contributed by atoms with Crippen LogP contribution in [0.25, 0.3) is 10.9 Å². The van der Waals surface area contributed by atoms with Crippen LogP contribution in [-0.4, -0.2) is 159 Å². The van der Waals surface area contributed by atoms with E-state index in [4.69, 9.17) is 34.4 Å². The summed E-state index contributed by atoms with van der Waals surface area (Å²) in [6.45, 7) is 3.06. The van der Waals surface area contributed by atoms with Crippen LogP contribution in [0, 0.1) is 5.92 Å². The maximum absolute atomic E-state index is 15.0. The molecule has 3 heterocycles.